The third kappa shape index (κ3) is 5.61. The van der Waals surface area contributed by atoms with E-state index in [1.807, 2.05) is 65.9 Å². The lowest BCUT2D eigenvalue weighted by molar-refractivity contribution is -0.128. The molecule has 3 aromatic rings. The van der Waals surface area contributed by atoms with Gasteiger partial charge in [-0.1, -0.05) is 54.6 Å². The SMILES string of the molecule is Cc1nn(Cc2ccccc2)c(C)c1CNC(=O)NCc1ccccc1CN1CCCC1=O. The first-order chi connectivity index (χ1) is 16.0. The van der Waals surface area contributed by atoms with Gasteiger partial charge >= 0.3 is 6.03 Å². The Kier molecular flexibility index (Phi) is 7.07. The van der Waals surface area contributed by atoms with Gasteiger partial charge in [0.15, 0.2) is 0 Å². The van der Waals surface area contributed by atoms with Gasteiger partial charge in [-0.05, 0) is 37.0 Å². The van der Waals surface area contributed by atoms with Crippen molar-refractivity contribution in [3.8, 4) is 0 Å². The third-order valence-corrected chi connectivity index (χ3v) is 6.22. The number of likely N-dealkylation sites (tertiary alicyclic amines) is 1. The zero-order chi connectivity index (χ0) is 23.2. The molecule has 2 aromatic carbocycles. The molecule has 1 fully saturated rings. The Morgan fingerprint density at radius 1 is 0.939 bits per heavy atom. The quantitative estimate of drug-likeness (QED) is 0.555. The van der Waals surface area contributed by atoms with Crippen LogP contribution in [0, 0.1) is 13.8 Å². The second-order valence-electron chi connectivity index (χ2n) is 8.52. The number of hydrogen-bond donors (Lipinski definition) is 2. The first kappa shape index (κ1) is 22.6. The molecule has 0 bridgehead atoms. The fourth-order valence-electron chi connectivity index (χ4n) is 4.27. The lowest BCUT2D eigenvalue weighted by atomic mass is 10.1. The molecule has 7 heteroatoms. The van der Waals surface area contributed by atoms with Crippen molar-refractivity contribution in [1.29, 1.82) is 0 Å². The summed E-state index contributed by atoms with van der Waals surface area (Å²) in [6.45, 7) is 6.94. The maximum Gasteiger partial charge on any atom is 0.315 e. The normalized spacial score (nSPS) is 13.4. The van der Waals surface area contributed by atoms with E-state index in [-0.39, 0.29) is 11.9 Å². The molecule has 33 heavy (non-hydrogen) atoms. The Morgan fingerprint density at radius 2 is 1.64 bits per heavy atom. The molecule has 172 valence electrons. The van der Waals surface area contributed by atoms with E-state index in [9.17, 15) is 9.59 Å². The monoisotopic (exact) mass is 445 g/mol. The van der Waals surface area contributed by atoms with Crippen molar-refractivity contribution in [2.45, 2.75) is 52.9 Å². The van der Waals surface area contributed by atoms with Gasteiger partial charge in [-0.15, -0.1) is 0 Å². The second kappa shape index (κ2) is 10.3. The Morgan fingerprint density at radius 3 is 2.36 bits per heavy atom. The summed E-state index contributed by atoms with van der Waals surface area (Å²) in [6.07, 6.45) is 1.55. The van der Waals surface area contributed by atoms with Crippen LogP contribution in [0.1, 0.15) is 46.5 Å². The topological polar surface area (TPSA) is 79.3 Å². The van der Waals surface area contributed by atoms with Crippen molar-refractivity contribution in [3.05, 3.63) is 88.2 Å². The maximum atomic E-state index is 12.5. The second-order valence-corrected chi connectivity index (χ2v) is 8.52. The van der Waals surface area contributed by atoms with E-state index in [1.165, 1.54) is 5.56 Å². The molecule has 1 saturated heterocycles. The van der Waals surface area contributed by atoms with E-state index in [0.29, 0.717) is 32.6 Å². The van der Waals surface area contributed by atoms with Crippen molar-refractivity contribution < 1.29 is 9.59 Å². The maximum absolute atomic E-state index is 12.5. The molecule has 1 aliphatic rings. The molecule has 2 N–H and O–H groups in total. The molecule has 3 amide bonds. The summed E-state index contributed by atoms with van der Waals surface area (Å²) in [6, 6.07) is 17.9. The van der Waals surface area contributed by atoms with Crippen LogP contribution in [0.3, 0.4) is 0 Å². The molecule has 0 saturated carbocycles. The lowest BCUT2D eigenvalue weighted by Gasteiger charge is -2.18. The van der Waals surface area contributed by atoms with E-state index in [0.717, 1.165) is 41.0 Å². The largest absolute Gasteiger partial charge is 0.338 e. The van der Waals surface area contributed by atoms with Gasteiger partial charge in [0.2, 0.25) is 5.91 Å². The first-order valence-corrected chi connectivity index (χ1v) is 11.4. The highest BCUT2D eigenvalue weighted by Gasteiger charge is 2.21. The highest BCUT2D eigenvalue weighted by Crippen LogP contribution is 2.17. The number of amides is 3. The van der Waals surface area contributed by atoms with E-state index >= 15 is 0 Å². The summed E-state index contributed by atoms with van der Waals surface area (Å²) in [5, 5.41) is 10.6. The fourth-order valence-corrected chi connectivity index (χ4v) is 4.27. The summed E-state index contributed by atoms with van der Waals surface area (Å²) in [5.41, 5.74) is 6.29. The number of aromatic nitrogens is 2. The molecular formula is C26H31N5O2. The van der Waals surface area contributed by atoms with Gasteiger partial charge in [0, 0.05) is 43.9 Å². The minimum absolute atomic E-state index is 0.203. The van der Waals surface area contributed by atoms with Gasteiger partial charge in [0.05, 0.1) is 12.2 Å². The number of urea groups is 1. The zero-order valence-electron chi connectivity index (χ0n) is 19.3. The van der Waals surface area contributed by atoms with Crippen LogP contribution in [0.2, 0.25) is 0 Å². The van der Waals surface area contributed by atoms with Crippen molar-refractivity contribution in [1.82, 2.24) is 25.3 Å². The molecule has 7 nitrogen and oxygen atoms in total. The smallest absolute Gasteiger partial charge is 0.315 e. The molecule has 0 aliphatic carbocycles. The van der Waals surface area contributed by atoms with Crippen LogP contribution >= 0.6 is 0 Å². The Labute approximate surface area is 194 Å². The average molecular weight is 446 g/mol. The van der Waals surface area contributed by atoms with E-state index in [1.54, 1.807) is 0 Å². The van der Waals surface area contributed by atoms with E-state index in [4.69, 9.17) is 0 Å². The summed E-state index contributed by atoms with van der Waals surface area (Å²) >= 11 is 0. The predicted octanol–water partition coefficient (Wildman–Crippen LogP) is 3.67. The van der Waals surface area contributed by atoms with Crippen LogP contribution in [0.25, 0.3) is 0 Å². The van der Waals surface area contributed by atoms with Crippen molar-refractivity contribution in [3.63, 3.8) is 0 Å². The van der Waals surface area contributed by atoms with Crippen molar-refractivity contribution in [2.24, 2.45) is 0 Å². The van der Waals surface area contributed by atoms with Gasteiger partial charge in [-0.2, -0.15) is 5.10 Å². The molecule has 2 heterocycles. The molecule has 1 aliphatic heterocycles. The summed E-state index contributed by atoms with van der Waals surface area (Å²) in [5.74, 6) is 0.203. The number of nitrogens with zero attached hydrogens (tertiary/aromatic N) is 3. The Bertz CT molecular complexity index is 1120. The van der Waals surface area contributed by atoms with Gasteiger partial charge in [-0.25, -0.2) is 4.79 Å². The van der Waals surface area contributed by atoms with E-state index < -0.39 is 0 Å². The minimum atomic E-state index is -0.225. The standard InChI is InChI=1S/C26H31N5O2/c1-19-24(20(2)31(29-19)17-21-9-4-3-5-10-21)16-28-26(33)27-15-22-11-6-7-12-23(22)18-30-14-8-13-25(30)32/h3-7,9-12H,8,13-18H2,1-2H3,(H2,27,28,33). The number of benzene rings is 2. The van der Waals surface area contributed by atoms with Gasteiger partial charge < -0.3 is 15.5 Å². The molecule has 0 unspecified atom stereocenters. The third-order valence-electron chi connectivity index (χ3n) is 6.22. The number of aryl methyl sites for hydroxylation is 1. The summed E-state index contributed by atoms with van der Waals surface area (Å²) in [4.78, 5) is 26.4. The number of rotatable bonds is 8. The molecular weight excluding hydrogens is 414 g/mol. The number of hydrogen-bond acceptors (Lipinski definition) is 3. The zero-order valence-corrected chi connectivity index (χ0v) is 19.3. The van der Waals surface area contributed by atoms with Crippen LogP contribution < -0.4 is 10.6 Å². The number of carbonyl (C=O) groups is 2. The van der Waals surface area contributed by atoms with Crippen LogP contribution in [0.4, 0.5) is 4.79 Å². The van der Waals surface area contributed by atoms with Crippen molar-refractivity contribution >= 4 is 11.9 Å². The molecule has 0 radical (unpaired) electrons. The Hall–Kier alpha value is -3.61. The minimum Gasteiger partial charge on any atom is -0.338 e. The van der Waals surface area contributed by atoms with Crippen LogP contribution in [0.15, 0.2) is 54.6 Å². The summed E-state index contributed by atoms with van der Waals surface area (Å²) in [7, 11) is 0. The van der Waals surface area contributed by atoms with Gasteiger partial charge in [-0.3, -0.25) is 9.48 Å². The predicted molar refractivity (Wildman–Crippen MR) is 127 cm³/mol. The highest BCUT2D eigenvalue weighted by atomic mass is 16.2. The van der Waals surface area contributed by atoms with Crippen LogP contribution in [0.5, 0.6) is 0 Å². The van der Waals surface area contributed by atoms with Crippen molar-refractivity contribution in [2.75, 3.05) is 6.54 Å². The summed E-state index contributed by atoms with van der Waals surface area (Å²) < 4.78 is 1.98. The molecule has 4 rings (SSSR count). The molecule has 0 spiro atoms. The first-order valence-electron chi connectivity index (χ1n) is 11.4. The molecule has 1 aromatic heterocycles. The van der Waals surface area contributed by atoms with E-state index in [2.05, 4.69) is 27.9 Å². The van der Waals surface area contributed by atoms with Gasteiger partial charge in [0.1, 0.15) is 0 Å². The van der Waals surface area contributed by atoms with Crippen LogP contribution in [-0.4, -0.2) is 33.2 Å². The fraction of sp³-hybridized carbons (Fsp3) is 0.346. The number of carbonyl (C=O) groups excluding carboxylic acids is 2. The number of nitrogens with one attached hydrogen (secondary N) is 2. The van der Waals surface area contributed by atoms with Gasteiger partial charge in [0.25, 0.3) is 0 Å². The molecule has 0 atom stereocenters. The van der Waals surface area contributed by atoms with Crippen LogP contribution in [-0.2, 0) is 31.0 Å². The lowest BCUT2D eigenvalue weighted by Crippen LogP contribution is -2.35. The average Bonchev–Trinajstić information content (AvgIpc) is 3.34. The Balaban J connectivity index is 1.32. The highest BCUT2D eigenvalue weighted by molar-refractivity contribution is 5.78.